The molecule has 0 spiro atoms. The highest BCUT2D eigenvalue weighted by atomic mass is 127. The number of rotatable bonds is 7. The van der Waals surface area contributed by atoms with Crippen molar-refractivity contribution >= 4 is 45.9 Å². The van der Waals surface area contributed by atoms with Gasteiger partial charge in [0.25, 0.3) is 0 Å². The van der Waals surface area contributed by atoms with Gasteiger partial charge in [0.2, 0.25) is 0 Å². The van der Waals surface area contributed by atoms with E-state index in [0.29, 0.717) is 19.0 Å². The van der Waals surface area contributed by atoms with Crippen LogP contribution in [0.2, 0.25) is 0 Å². The molecular weight excluding hydrogens is 533 g/mol. The summed E-state index contributed by atoms with van der Waals surface area (Å²) in [6.45, 7) is 9.83. The van der Waals surface area contributed by atoms with E-state index < -0.39 is 5.60 Å². The van der Waals surface area contributed by atoms with Gasteiger partial charge < -0.3 is 15.7 Å². The smallest absolute Gasteiger partial charge is 0.191 e. The van der Waals surface area contributed by atoms with Crippen LogP contribution in [0.5, 0.6) is 0 Å². The molecule has 1 aromatic heterocycles. The van der Waals surface area contributed by atoms with Crippen LogP contribution >= 0.6 is 39.9 Å². The monoisotopic (exact) mass is 563 g/mol. The fraction of sp³-hybridized carbons (Fsp3) is 0.500. The van der Waals surface area contributed by atoms with Gasteiger partial charge in [0, 0.05) is 35.2 Å². The molecule has 0 saturated carbocycles. The van der Waals surface area contributed by atoms with E-state index in [2.05, 4.69) is 57.6 Å². The molecule has 1 unspecified atom stereocenters. The first-order valence-electron chi connectivity index (χ1n) is 9.14. The van der Waals surface area contributed by atoms with Crippen LogP contribution < -0.4 is 10.6 Å². The third-order valence-electron chi connectivity index (χ3n) is 4.51. The molecular formula is C20H31BrIN5O. The number of aliphatic imine (C=N–C) groups is 1. The number of hydrogen-bond donors (Lipinski definition) is 3. The minimum Gasteiger partial charge on any atom is -0.383 e. The summed E-state index contributed by atoms with van der Waals surface area (Å²) in [6.07, 6.45) is 3.50. The topological polar surface area (TPSA) is 74.5 Å². The molecule has 156 valence electrons. The van der Waals surface area contributed by atoms with Gasteiger partial charge in [-0.15, -0.1) is 24.0 Å². The third-order valence-corrected chi connectivity index (χ3v) is 5.20. The van der Waals surface area contributed by atoms with E-state index in [1.54, 1.807) is 17.8 Å². The van der Waals surface area contributed by atoms with Crippen molar-refractivity contribution in [3.05, 3.63) is 52.3 Å². The number of halogens is 2. The lowest BCUT2D eigenvalue weighted by Crippen LogP contribution is -2.45. The Labute approximate surface area is 193 Å². The van der Waals surface area contributed by atoms with E-state index in [4.69, 9.17) is 4.99 Å². The van der Waals surface area contributed by atoms with Gasteiger partial charge in [-0.05, 0) is 25.5 Å². The predicted octanol–water partition coefficient (Wildman–Crippen LogP) is 3.54. The number of nitrogens with one attached hydrogen (secondary N) is 2. The Balaban J connectivity index is 0.00000392. The molecule has 0 saturated heterocycles. The molecule has 0 fully saturated rings. The van der Waals surface area contributed by atoms with Crippen LogP contribution in [-0.4, -0.2) is 40.5 Å². The van der Waals surface area contributed by atoms with E-state index in [-0.39, 0.29) is 29.4 Å². The van der Waals surface area contributed by atoms with E-state index in [1.807, 2.05) is 32.3 Å². The maximum atomic E-state index is 10.8. The minimum absolute atomic E-state index is 0. The molecule has 2 rings (SSSR count). The van der Waals surface area contributed by atoms with Crippen LogP contribution in [0.25, 0.3) is 0 Å². The highest BCUT2D eigenvalue weighted by Gasteiger charge is 2.26. The largest absolute Gasteiger partial charge is 0.383 e. The zero-order valence-corrected chi connectivity index (χ0v) is 21.1. The summed E-state index contributed by atoms with van der Waals surface area (Å²) in [6, 6.07) is 8.22. The van der Waals surface area contributed by atoms with Crippen LogP contribution in [0.3, 0.4) is 0 Å². The molecule has 8 heteroatoms. The highest BCUT2D eigenvalue weighted by molar-refractivity contribution is 14.0. The van der Waals surface area contributed by atoms with Crippen molar-refractivity contribution in [3.63, 3.8) is 0 Å². The predicted molar refractivity (Wildman–Crippen MR) is 129 cm³/mol. The second-order valence-corrected chi connectivity index (χ2v) is 8.44. The first-order valence-corrected chi connectivity index (χ1v) is 9.94. The van der Waals surface area contributed by atoms with Gasteiger partial charge >= 0.3 is 0 Å². The molecule has 0 aliphatic carbocycles. The number of aliphatic hydroxyl groups is 1. The molecule has 0 bridgehead atoms. The van der Waals surface area contributed by atoms with Crippen LogP contribution in [-0.2, 0) is 18.1 Å². The van der Waals surface area contributed by atoms with Crippen LogP contribution in [0.4, 0.5) is 0 Å². The molecule has 2 aromatic rings. The fourth-order valence-corrected chi connectivity index (χ4v) is 3.59. The number of nitrogens with zero attached hydrogens (tertiary/aromatic N) is 3. The first kappa shape index (κ1) is 24.9. The Morgan fingerprint density at radius 1 is 1.25 bits per heavy atom. The molecule has 0 amide bonds. The van der Waals surface area contributed by atoms with Crippen molar-refractivity contribution in [3.8, 4) is 0 Å². The van der Waals surface area contributed by atoms with E-state index in [0.717, 1.165) is 16.6 Å². The number of hydrogen-bond acceptors (Lipinski definition) is 3. The molecule has 0 radical (unpaired) electrons. The third kappa shape index (κ3) is 6.73. The Bertz CT molecular complexity index is 788. The van der Waals surface area contributed by atoms with Gasteiger partial charge in [-0.2, -0.15) is 5.10 Å². The summed E-state index contributed by atoms with van der Waals surface area (Å²) in [7, 11) is 1.84. The minimum atomic E-state index is -1.04. The summed E-state index contributed by atoms with van der Waals surface area (Å²) in [4.78, 5) is 4.75. The number of benzene rings is 1. The van der Waals surface area contributed by atoms with Crippen LogP contribution in [0.1, 0.15) is 38.8 Å². The summed E-state index contributed by atoms with van der Waals surface area (Å²) in [5, 5.41) is 21.4. The van der Waals surface area contributed by atoms with E-state index in [9.17, 15) is 5.11 Å². The van der Waals surface area contributed by atoms with Crippen molar-refractivity contribution in [2.75, 3.05) is 19.6 Å². The molecule has 1 heterocycles. The van der Waals surface area contributed by atoms with Crippen LogP contribution in [0, 0.1) is 0 Å². The molecule has 1 aromatic carbocycles. The van der Waals surface area contributed by atoms with Gasteiger partial charge in [-0.25, -0.2) is 0 Å². The fourth-order valence-electron chi connectivity index (χ4n) is 2.77. The molecule has 1 atom stereocenters. The van der Waals surface area contributed by atoms with Crippen LogP contribution in [0.15, 0.2) is 46.1 Å². The van der Waals surface area contributed by atoms with Crippen molar-refractivity contribution in [2.24, 2.45) is 12.0 Å². The SMILES string of the molecule is CCNC(=NCC(C)(C)c1ccccc1Br)NCC(C)(O)c1cnn(C)c1.I. The van der Waals surface area contributed by atoms with Gasteiger partial charge in [0.05, 0.1) is 19.3 Å². The lowest BCUT2D eigenvalue weighted by molar-refractivity contribution is 0.0616. The normalized spacial score (nSPS) is 14.2. The van der Waals surface area contributed by atoms with Gasteiger partial charge in [-0.1, -0.05) is 48.0 Å². The highest BCUT2D eigenvalue weighted by Crippen LogP contribution is 2.30. The quantitative estimate of drug-likeness (QED) is 0.274. The van der Waals surface area contributed by atoms with E-state index in [1.165, 1.54) is 5.56 Å². The maximum absolute atomic E-state index is 10.8. The summed E-state index contributed by atoms with van der Waals surface area (Å²) in [5.74, 6) is 0.682. The van der Waals surface area contributed by atoms with Crippen molar-refractivity contribution in [1.29, 1.82) is 0 Å². The Morgan fingerprint density at radius 3 is 2.50 bits per heavy atom. The Hall–Kier alpha value is -1.13. The summed E-state index contributed by atoms with van der Waals surface area (Å²) >= 11 is 3.63. The molecule has 0 aliphatic heterocycles. The zero-order valence-electron chi connectivity index (χ0n) is 17.2. The van der Waals surface area contributed by atoms with Crippen molar-refractivity contribution in [2.45, 2.75) is 38.7 Å². The number of aryl methyl sites for hydroxylation is 1. The first-order chi connectivity index (χ1) is 12.7. The van der Waals surface area contributed by atoms with Crippen molar-refractivity contribution in [1.82, 2.24) is 20.4 Å². The summed E-state index contributed by atoms with van der Waals surface area (Å²) < 4.78 is 2.77. The van der Waals surface area contributed by atoms with Crippen molar-refractivity contribution < 1.29 is 5.11 Å². The van der Waals surface area contributed by atoms with E-state index >= 15 is 0 Å². The second-order valence-electron chi connectivity index (χ2n) is 7.59. The van der Waals surface area contributed by atoms with Gasteiger partial charge in [-0.3, -0.25) is 9.67 Å². The Morgan fingerprint density at radius 2 is 1.93 bits per heavy atom. The number of aromatic nitrogens is 2. The average molecular weight is 564 g/mol. The summed E-state index contributed by atoms with van der Waals surface area (Å²) in [5.41, 5.74) is 0.811. The molecule has 3 N–H and O–H groups in total. The zero-order chi connectivity index (χ0) is 20.1. The van der Waals surface area contributed by atoms with Gasteiger partial charge in [0.15, 0.2) is 5.96 Å². The standard InChI is InChI=1S/C20H30BrN5O.HI/c1-6-22-18(24-14-20(4,27)15-11-25-26(5)12-15)23-13-19(2,3)16-9-7-8-10-17(16)21;/h7-12,27H,6,13-14H2,1-5H3,(H2,22,23,24);1H. The Kier molecular flexibility index (Phi) is 9.42. The maximum Gasteiger partial charge on any atom is 0.191 e. The molecule has 0 aliphatic rings. The lowest BCUT2D eigenvalue weighted by Gasteiger charge is -2.26. The molecule has 28 heavy (non-hydrogen) atoms. The number of guanidine groups is 1. The van der Waals surface area contributed by atoms with Gasteiger partial charge in [0.1, 0.15) is 5.60 Å². The second kappa shape index (κ2) is 10.6. The molecule has 6 nitrogen and oxygen atoms in total. The average Bonchev–Trinajstić information content (AvgIpc) is 3.05. The lowest BCUT2D eigenvalue weighted by atomic mass is 9.85.